The molecule has 2 rings (SSSR count). The lowest BCUT2D eigenvalue weighted by Gasteiger charge is -2.21. The summed E-state index contributed by atoms with van der Waals surface area (Å²) in [7, 11) is 0. The normalized spacial score (nSPS) is 19.6. The number of aliphatic hydroxyl groups is 1. The summed E-state index contributed by atoms with van der Waals surface area (Å²) < 4.78 is 5.86. The fourth-order valence-corrected chi connectivity index (χ4v) is 2.37. The Kier molecular flexibility index (Phi) is 3.88. The number of ether oxygens (including phenoxy) is 1. The van der Waals surface area contributed by atoms with Crippen LogP contribution in [-0.4, -0.2) is 22.9 Å². The van der Waals surface area contributed by atoms with Crippen LogP contribution in [0.15, 0.2) is 18.2 Å². The predicted octanol–water partition coefficient (Wildman–Crippen LogP) is 2.65. The van der Waals surface area contributed by atoms with E-state index in [0.29, 0.717) is 6.54 Å². The predicted molar refractivity (Wildman–Crippen MR) is 77.5 cm³/mol. The lowest BCUT2D eigenvalue weighted by Crippen LogP contribution is -2.36. The molecule has 1 atom stereocenters. The zero-order valence-electron chi connectivity index (χ0n) is 12.4. The molecule has 106 valence electrons. The maximum atomic E-state index is 9.94. The van der Waals surface area contributed by atoms with E-state index in [1.807, 2.05) is 13.8 Å². The lowest BCUT2D eigenvalue weighted by molar-refractivity contribution is 0.0555. The van der Waals surface area contributed by atoms with E-state index in [9.17, 15) is 5.11 Å². The molecule has 1 heterocycles. The highest BCUT2D eigenvalue weighted by molar-refractivity contribution is 5.41. The van der Waals surface area contributed by atoms with E-state index >= 15 is 0 Å². The molecule has 1 aliphatic rings. The number of nitrogens with one attached hydrogen (secondary N) is 1. The molecule has 1 aliphatic heterocycles. The standard InChI is InChI=1S/C16H25NO2/c1-5-16(4,18)11-17-10-12-6-7-14-13(8-12)9-15(2,3)19-14/h6-8,17-18H,5,9-11H2,1-4H3. The molecule has 0 saturated carbocycles. The summed E-state index contributed by atoms with van der Waals surface area (Å²) in [4.78, 5) is 0. The number of rotatable bonds is 5. The largest absolute Gasteiger partial charge is 0.487 e. The molecule has 0 aromatic heterocycles. The van der Waals surface area contributed by atoms with Crippen molar-refractivity contribution in [3.8, 4) is 5.75 Å². The second-order valence-electron chi connectivity index (χ2n) is 6.43. The van der Waals surface area contributed by atoms with Gasteiger partial charge < -0.3 is 15.2 Å². The van der Waals surface area contributed by atoms with Gasteiger partial charge in [0.1, 0.15) is 11.4 Å². The molecule has 0 saturated heterocycles. The van der Waals surface area contributed by atoms with Crippen LogP contribution in [0.1, 0.15) is 45.2 Å². The Morgan fingerprint density at radius 1 is 1.42 bits per heavy atom. The van der Waals surface area contributed by atoms with Crippen LogP contribution in [0.2, 0.25) is 0 Å². The number of hydrogen-bond donors (Lipinski definition) is 2. The molecule has 3 nitrogen and oxygen atoms in total. The van der Waals surface area contributed by atoms with Crippen LogP contribution in [0.25, 0.3) is 0 Å². The van der Waals surface area contributed by atoms with E-state index in [1.54, 1.807) is 0 Å². The Bertz CT molecular complexity index is 452. The van der Waals surface area contributed by atoms with Crippen LogP contribution in [0, 0.1) is 0 Å². The van der Waals surface area contributed by atoms with Crippen LogP contribution >= 0.6 is 0 Å². The first-order valence-corrected chi connectivity index (χ1v) is 7.05. The van der Waals surface area contributed by atoms with Gasteiger partial charge in [-0.2, -0.15) is 0 Å². The zero-order valence-corrected chi connectivity index (χ0v) is 12.4. The third-order valence-electron chi connectivity index (χ3n) is 3.72. The third-order valence-corrected chi connectivity index (χ3v) is 3.72. The highest BCUT2D eigenvalue weighted by atomic mass is 16.5. The molecule has 1 aromatic rings. The van der Waals surface area contributed by atoms with E-state index in [-0.39, 0.29) is 5.60 Å². The monoisotopic (exact) mass is 263 g/mol. The van der Waals surface area contributed by atoms with Crippen LogP contribution < -0.4 is 10.1 Å². The van der Waals surface area contributed by atoms with Crippen molar-refractivity contribution >= 4 is 0 Å². The zero-order chi connectivity index (χ0) is 14.1. The average molecular weight is 263 g/mol. The van der Waals surface area contributed by atoms with Crippen molar-refractivity contribution < 1.29 is 9.84 Å². The van der Waals surface area contributed by atoms with Gasteiger partial charge in [0, 0.05) is 19.5 Å². The topological polar surface area (TPSA) is 41.5 Å². The van der Waals surface area contributed by atoms with Gasteiger partial charge in [-0.05, 0) is 44.4 Å². The number of fused-ring (bicyclic) bond motifs is 1. The average Bonchev–Trinajstić information content (AvgIpc) is 2.62. The van der Waals surface area contributed by atoms with Gasteiger partial charge in [0.15, 0.2) is 0 Å². The fourth-order valence-electron chi connectivity index (χ4n) is 2.37. The van der Waals surface area contributed by atoms with Crippen LogP contribution in [-0.2, 0) is 13.0 Å². The van der Waals surface area contributed by atoms with Gasteiger partial charge in [0.2, 0.25) is 0 Å². The quantitative estimate of drug-likeness (QED) is 0.858. The van der Waals surface area contributed by atoms with Crippen LogP contribution in [0.3, 0.4) is 0 Å². The molecule has 0 aliphatic carbocycles. The molecule has 3 heteroatoms. The van der Waals surface area contributed by atoms with Crippen molar-refractivity contribution in [3.05, 3.63) is 29.3 Å². The van der Waals surface area contributed by atoms with E-state index in [2.05, 4.69) is 37.4 Å². The minimum Gasteiger partial charge on any atom is -0.487 e. The Hall–Kier alpha value is -1.06. The van der Waals surface area contributed by atoms with E-state index < -0.39 is 5.60 Å². The van der Waals surface area contributed by atoms with Crippen molar-refractivity contribution in [2.24, 2.45) is 0 Å². The summed E-state index contributed by atoms with van der Waals surface area (Å²) in [6.45, 7) is 9.48. The molecule has 1 unspecified atom stereocenters. The van der Waals surface area contributed by atoms with Gasteiger partial charge in [-0.1, -0.05) is 19.1 Å². The molecule has 0 fully saturated rings. The summed E-state index contributed by atoms with van der Waals surface area (Å²) >= 11 is 0. The number of benzene rings is 1. The first-order chi connectivity index (χ1) is 8.81. The summed E-state index contributed by atoms with van der Waals surface area (Å²) in [5.41, 5.74) is 1.82. The Morgan fingerprint density at radius 3 is 2.84 bits per heavy atom. The van der Waals surface area contributed by atoms with Crippen molar-refractivity contribution in [2.75, 3.05) is 6.54 Å². The molecular formula is C16H25NO2. The van der Waals surface area contributed by atoms with Crippen molar-refractivity contribution in [3.63, 3.8) is 0 Å². The van der Waals surface area contributed by atoms with E-state index in [0.717, 1.165) is 25.1 Å². The Balaban J connectivity index is 1.94. The Morgan fingerprint density at radius 2 is 2.16 bits per heavy atom. The van der Waals surface area contributed by atoms with Gasteiger partial charge in [-0.25, -0.2) is 0 Å². The first kappa shape index (κ1) is 14.4. The molecular weight excluding hydrogens is 238 g/mol. The van der Waals surface area contributed by atoms with Gasteiger partial charge >= 0.3 is 0 Å². The van der Waals surface area contributed by atoms with E-state index in [4.69, 9.17) is 4.74 Å². The smallest absolute Gasteiger partial charge is 0.123 e. The van der Waals surface area contributed by atoms with Crippen molar-refractivity contribution in [1.29, 1.82) is 0 Å². The molecule has 2 N–H and O–H groups in total. The van der Waals surface area contributed by atoms with Crippen molar-refractivity contribution in [2.45, 2.75) is 58.3 Å². The SMILES string of the molecule is CCC(C)(O)CNCc1ccc2c(c1)CC(C)(C)O2. The molecule has 1 aromatic carbocycles. The number of hydrogen-bond acceptors (Lipinski definition) is 3. The third kappa shape index (κ3) is 3.71. The molecule has 0 spiro atoms. The van der Waals surface area contributed by atoms with Gasteiger partial charge in [0.25, 0.3) is 0 Å². The van der Waals surface area contributed by atoms with E-state index in [1.165, 1.54) is 11.1 Å². The van der Waals surface area contributed by atoms with Gasteiger partial charge in [-0.15, -0.1) is 0 Å². The molecule has 0 amide bonds. The second-order valence-corrected chi connectivity index (χ2v) is 6.43. The summed E-state index contributed by atoms with van der Waals surface area (Å²) in [6.07, 6.45) is 1.72. The molecule has 0 radical (unpaired) electrons. The maximum Gasteiger partial charge on any atom is 0.123 e. The van der Waals surface area contributed by atoms with Crippen molar-refractivity contribution in [1.82, 2.24) is 5.32 Å². The Labute approximate surface area is 116 Å². The van der Waals surface area contributed by atoms with Crippen LogP contribution in [0.4, 0.5) is 0 Å². The lowest BCUT2D eigenvalue weighted by atomic mass is 10.00. The summed E-state index contributed by atoms with van der Waals surface area (Å²) in [5.74, 6) is 1.01. The summed E-state index contributed by atoms with van der Waals surface area (Å²) in [6, 6.07) is 6.35. The van der Waals surface area contributed by atoms with Gasteiger partial charge in [0.05, 0.1) is 5.60 Å². The second kappa shape index (κ2) is 5.14. The highest BCUT2D eigenvalue weighted by Crippen LogP contribution is 2.35. The minimum absolute atomic E-state index is 0.0831. The van der Waals surface area contributed by atoms with Gasteiger partial charge in [-0.3, -0.25) is 0 Å². The molecule has 19 heavy (non-hydrogen) atoms. The highest BCUT2D eigenvalue weighted by Gasteiger charge is 2.29. The maximum absolute atomic E-state index is 9.94. The molecule has 0 bridgehead atoms. The first-order valence-electron chi connectivity index (χ1n) is 7.05. The fraction of sp³-hybridized carbons (Fsp3) is 0.625. The minimum atomic E-state index is -0.623. The summed E-state index contributed by atoms with van der Waals surface area (Å²) in [5, 5.41) is 13.3. The van der Waals surface area contributed by atoms with Crippen LogP contribution in [0.5, 0.6) is 5.75 Å².